The van der Waals surface area contributed by atoms with Gasteiger partial charge in [-0.2, -0.15) is 5.10 Å². The van der Waals surface area contributed by atoms with E-state index < -0.39 is 0 Å². The molecule has 1 aliphatic heterocycles. The van der Waals surface area contributed by atoms with Crippen molar-refractivity contribution in [1.82, 2.24) is 15.1 Å². The molecule has 5 heteroatoms. The van der Waals surface area contributed by atoms with Crippen LogP contribution in [0.15, 0.2) is 30.6 Å². The summed E-state index contributed by atoms with van der Waals surface area (Å²) < 4.78 is 13.6. The minimum Gasteiger partial charge on any atom is -0.490 e. The Morgan fingerprint density at radius 1 is 1.26 bits per heavy atom. The van der Waals surface area contributed by atoms with Gasteiger partial charge in [0.05, 0.1) is 25.5 Å². The molecule has 1 aromatic heterocycles. The predicted octanol–water partition coefficient (Wildman–Crippen LogP) is 3.09. The van der Waals surface area contributed by atoms with Crippen molar-refractivity contribution in [1.29, 1.82) is 0 Å². The van der Waals surface area contributed by atoms with E-state index in [0.717, 1.165) is 36.6 Å². The highest BCUT2D eigenvalue weighted by Crippen LogP contribution is 2.33. The standard InChI is InChI=1S/C18H25N3O2/c1-13-10-20-21(12-13)15(3)14(2)19-11-16-6-4-7-17-18(16)23-9-5-8-22-17/h4,6-7,10,12,14-15,19H,5,8-9,11H2,1-3H3/t14-,15-/m1/s1. The van der Waals surface area contributed by atoms with Crippen LogP contribution in [0.2, 0.25) is 0 Å². The third-order valence-electron chi connectivity index (χ3n) is 4.34. The average molecular weight is 315 g/mol. The van der Waals surface area contributed by atoms with Gasteiger partial charge in [0.2, 0.25) is 0 Å². The zero-order valence-corrected chi connectivity index (χ0v) is 14.1. The summed E-state index contributed by atoms with van der Waals surface area (Å²) >= 11 is 0. The van der Waals surface area contributed by atoms with Crippen LogP contribution in [0.4, 0.5) is 0 Å². The topological polar surface area (TPSA) is 48.3 Å². The number of ether oxygens (including phenoxy) is 2. The molecule has 124 valence electrons. The Kier molecular flexibility index (Phi) is 4.86. The maximum atomic E-state index is 5.88. The monoisotopic (exact) mass is 315 g/mol. The number of nitrogens with one attached hydrogen (secondary N) is 1. The Hall–Kier alpha value is -2.01. The molecule has 3 rings (SSSR count). The van der Waals surface area contributed by atoms with Gasteiger partial charge in [-0.25, -0.2) is 0 Å². The molecule has 1 aliphatic rings. The fourth-order valence-electron chi connectivity index (χ4n) is 2.72. The highest BCUT2D eigenvalue weighted by molar-refractivity contribution is 5.47. The summed E-state index contributed by atoms with van der Waals surface area (Å²) in [6, 6.07) is 6.66. The smallest absolute Gasteiger partial charge is 0.165 e. The molecule has 23 heavy (non-hydrogen) atoms. The van der Waals surface area contributed by atoms with Gasteiger partial charge < -0.3 is 14.8 Å². The van der Waals surface area contributed by atoms with Crippen molar-refractivity contribution in [2.45, 2.75) is 45.8 Å². The van der Waals surface area contributed by atoms with Crippen LogP contribution < -0.4 is 14.8 Å². The number of aryl methyl sites for hydroxylation is 1. The summed E-state index contributed by atoms with van der Waals surface area (Å²) in [4.78, 5) is 0. The van der Waals surface area contributed by atoms with Gasteiger partial charge >= 0.3 is 0 Å². The molecule has 0 radical (unpaired) electrons. The number of nitrogens with zero attached hydrogens (tertiary/aromatic N) is 2. The minimum absolute atomic E-state index is 0.281. The van der Waals surface area contributed by atoms with Crippen LogP contribution >= 0.6 is 0 Å². The lowest BCUT2D eigenvalue weighted by atomic mass is 10.1. The molecule has 5 nitrogen and oxygen atoms in total. The lowest BCUT2D eigenvalue weighted by molar-refractivity contribution is 0.295. The lowest BCUT2D eigenvalue weighted by Gasteiger charge is -2.22. The van der Waals surface area contributed by atoms with E-state index in [-0.39, 0.29) is 12.1 Å². The summed E-state index contributed by atoms with van der Waals surface area (Å²) in [6.07, 6.45) is 4.90. The number of rotatable bonds is 5. The van der Waals surface area contributed by atoms with Gasteiger partial charge in [-0.3, -0.25) is 4.68 Å². The molecule has 2 atom stereocenters. The Labute approximate surface area is 137 Å². The molecule has 0 unspecified atom stereocenters. The zero-order valence-electron chi connectivity index (χ0n) is 14.1. The predicted molar refractivity (Wildman–Crippen MR) is 90.0 cm³/mol. The molecule has 0 amide bonds. The molecule has 0 spiro atoms. The zero-order chi connectivity index (χ0) is 16.2. The molecule has 0 aliphatic carbocycles. The van der Waals surface area contributed by atoms with Gasteiger partial charge in [-0.05, 0) is 32.4 Å². The van der Waals surface area contributed by atoms with E-state index in [2.05, 4.69) is 43.4 Å². The number of para-hydroxylation sites is 1. The quantitative estimate of drug-likeness (QED) is 0.921. The van der Waals surface area contributed by atoms with E-state index in [1.165, 1.54) is 5.56 Å². The van der Waals surface area contributed by atoms with Crippen LogP contribution in [0, 0.1) is 6.92 Å². The summed E-state index contributed by atoms with van der Waals surface area (Å²) in [5.74, 6) is 1.73. The number of aromatic nitrogens is 2. The van der Waals surface area contributed by atoms with Crippen molar-refractivity contribution in [3.05, 3.63) is 41.7 Å². The Balaban J connectivity index is 1.66. The van der Waals surface area contributed by atoms with E-state index in [1.54, 1.807) is 0 Å². The van der Waals surface area contributed by atoms with Gasteiger partial charge in [0.1, 0.15) is 0 Å². The van der Waals surface area contributed by atoms with E-state index >= 15 is 0 Å². The van der Waals surface area contributed by atoms with E-state index in [9.17, 15) is 0 Å². The van der Waals surface area contributed by atoms with Crippen LogP contribution in [-0.2, 0) is 6.54 Å². The van der Waals surface area contributed by atoms with Crippen molar-refractivity contribution in [2.24, 2.45) is 0 Å². The Morgan fingerprint density at radius 3 is 2.87 bits per heavy atom. The SMILES string of the molecule is Cc1cnn([C@H](C)[C@@H](C)NCc2cccc3c2OCCCO3)c1. The first kappa shape index (κ1) is 15.9. The van der Waals surface area contributed by atoms with Gasteiger partial charge in [-0.15, -0.1) is 0 Å². The maximum absolute atomic E-state index is 5.88. The minimum atomic E-state index is 0.281. The fraction of sp³-hybridized carbons (Fsp3) is 0.500. The van der Waals surface area contributed by atoms with Crippen molar-refractivity contribution in [3.63, 3.8) is 0 Å². The molecule has 0 fully saturated rings. The van der Waals surface area contributed by atoms with Crippen LogP contribution in [-0.4, -0.2) is 29.0 Å². The Bertz CT molecular complexity index is 653. The van der Waals surface area contributed by atoms with Crippen LogP contribution in [0.3, 0.4) is 0 Å². The normalized spacial score (nSPS) is 16.7. The van der Waals surface area contributed by atoms with Gasteiger partial charge in [0.15, 0.2) is 11.5 Å². The average Bonchev–Trinajstić information content (AvgIpc) is 2.84. The largest absolute Gasteiger partial charge is 0.490 e. The molecule has 1 aromatic carbocycles. The summed E-state index contributed by atoms with van der Waals surface area (Å²) in [5, 5.41) is 7.99. The van der Waals surface area contributed by atoms with Crippen molar-refractivity contribution in [2.75, 3.05) is 13.2 Å². The lowest BCUT2D eigenvalue weighted by Crippen LogP contribution is -2.33. The number of benzene rings is 1. The molecule has 0 saturated heterocycles. The van der Waals surface area contributed by atoms with E-state index in [4.69, 9.17) is 9.47 Å². The Morgan fingerprint density at radius 2 is 2.09 bits per heavy atom. The molecule has 2 aromatic rings. The molecule has 0 saturated carbocycles. The number of hydrogen-bond donors (Lipinski definition) is 1. The maximum Gasteiger partial charge on any atom is 0.165 e. The molecule has 1 N–H and O–H groups in total. The van der Waals surface area contributed by atoms with Gasteiger partial charge in [0.25, 0.3) is 0 Å². The highest BCUT2D eigenvalue weighted by Gasteiger charge is 2.17. The first-order chi connectivity index (χ1) is 11.1. The summed E-state index contributed by atoms with van der Waals surface area (Å²) in [5.41, 5.74) is 2.32. The second kappa shape index (κ2) is 7.04. The van der Waals surface area contributed by atoms with Gasteiger partial charge in [0, 0.05) is 30.8 Å². The van der Waals surface area contributed by atoms with E-state index in [0.29, 0.717) is 6.61 Å². The van der Waals surface area contributed by atoms with Crippen molar-refractivity contribution >= 4 is 0 Å². The van der Waals surface area contributed by atoms with Crippen molar-refractivity contribution in [3.8, 4) is 11.5 Å². The second-order valence-corrected chi connectivity index (χ2v) is 6.20. The summed E-state index contributed by atoms with van der Waals surface area (Å²) in [6.45, 7) is 8.59. The van der Waals surface area contributed by atoms with Gasteiger partial charge in [-0.1, -0.05) is 12.1 Å². The van der Waals surface area contributed by atoms with Crippen molar-refractivity contribution < 1.29 is 9.47 Å². The number of fused-ring (bicyclic) bond motifs is 1. The van der Waals surface area contributed by atoms with E-state index in [1.807, 2.05) is 23.0 Å². The van der Waals surface area contributed by atoms with Crippen LogP contribution in [0.1, 0.15) is 37.4 Å². The molecular formula is C18H25N3O2. The second-order valence-electron chi connectivity index (χ2n) is 6.20. The third-order valence-corrected chi connectivity index (χ3v) is 4.34. The van der Waals surface area contributed by atoms with Crippen LogP contribution in [0.5, 0.6) is 11.5 Å². The first-order valence-corrected chi connectivity index (χ1v) is 8.27. The molecular weight excluding hydrogens is 290 g/mol. The molecule has 2 heterocycles. The number of hydrogen-bond acceptors (Lipinski definition) is 4. The van der Waals surface area contributed by atoms with Crippen LogP contribution in [0.25, 0.3) is 0 Å². The third kappa shape index (κ3) is 3.67. The summed E-state index contributed by atoms with van der Waals surface area (Å²) in [7, 11) is 0. The highest BCUT2D eigenvalue weighted by atomic mass is 16.5. The molecule has 0 bridgehead atoms. The first-order valence-electron chi connectivity index (χ1n) is 8.27. The fourth-order valence-corrected chi connectivity index (χ4v) is 2.72.